The Balaban J connectivity index is 0.000000387. The standard InChI is InChI=1S/C12H18.C4H2O3.Co/c1-4-10-8-7-9-11(5-2)12(10)6-3;5-3-1-2-4(6)7-3;/h7-9H,4-6H2,1-3H3;1-2H;. The molecule has 0 bridgehead atoms. The van der Waals surface area contributed by atoms with Gasteiger partial charge in [-0.25, -0.2) is 9.59 Å². The van der Waals surface area contributed by atoms with E-state index in [2.05, 4.69) is 43.7 Å². The van der Waals surface area contributed by atoms with Crippen molar-refractivity contribution in [3.63, 3.8) is 0 Å². The molecule has 0 saturated carbocycles. The van der Waals surface area contributed by atoms with Crippen LogP contribution in [0, 0.1) is 0 Å². The number of hydrogen-bond acceptors (Lipinski definition) is 3. The van der Waals surface area contributed by atoms with Crippen molar-refractivity contribution in [3.05, 3.63) is 47.0 Å². The molecule has 1 heterocycles. The number of aryl methyl sites for hydroxylation is 2. The van der Waals surface area contributed by atoms with E-state index in [-0.39, 0.29) is 16.8 Å². The molecule has 20 heavy (non-hydrogen) atoms. The van der Waals surface area contributed by atoms with Crippen LogP contribution in [0.15, 0.2) is 30.4 Å². The third-order valence-electron chi connectivity index (χ3n) is 3.04. The summed E-state index contributed by atoms with van der Waals surface area (Å²) in [6.45, 7) is 6.70. The minimum absolute atomic E-state index is 0. The van der Waals surface area contributed by atoms with Crippen molar-refractivity contribution >= 4 is 11.9 Å². The monoisotopic (exact) mass is 319 g/mol. The van der Waals surface area contributed by atoms with Crippen LogP contribution >= 0.6 is 0 Å². The van der Waals surface area contributed by atoms with E-state index >= 15 is 0 Å². The van der Waals surface area contributed by atoms with Gasteiger partial charge in [-0.05, 0) is 36.0 Å². The van der Waals surface area contributed by atoms with Crippen molar-refractivity contribution in [1.29, 1.82) is 0 Å². The number of carbonyl (C=O) groups is 2. The molecule has 0 aliphatic carbocycles. The van der Waals surface area contributed by atoms with Crippen molar-refractivity contribution in [2.24, 2.45) is 0 Å². The number of rotatable bonds is 3. The molecule has 111 valence electrons. The van der Waals surface area contributed by atoms with Crippen LogP contribution < -0.4 is 0 Å². The molecular weight excluding hydrogens is 299 g/mol. The van der Waals surface area contributed by atoms with E-state index in [0.29, 0.717) is 0 Å². The van der Waals surface area contributed by atoms with Gasteiger partial charge in [0, 0.05) is 28.9 Å². The topological polar surface area (TPSA) is 43.4 Å². The number of cyclic esters (lactones) is 2. The summed E-state index contributed by atoms with van der Waals surface area (Å²) in [6, 6.07) is 6.67. The number of ether oxygens (including phenoxy) is 1. The van der Waals surface area contributed by atoms with Gasteiger partial charge in [-0.3, -0.25) is 0 Å². The van der Waals surface area contributed by atoms with E-state index in [1.165, 1.54) is 17.5 Å². The summed E-state index contributed by atoms with van der Waals surface area (Å²) < 4.78 is 3.97. The molecule has 0 spiro atoms. The summed E-state index contributed by atoms with van der Waals surface area (Å²) >= 11 is 0. The van der Waals surface area contributed by atoms with Gasteiger partial charge in [0.2, 0.25) is 0 Å². The Morgan fingerprint density at radius 3 is 1.55 bits per heavy atom. The molecule has 2 rings (SSSR count). The average molecular weight is 319 g/mol. The molecule has 0 amide bonds. The molecule has 0 saturated heterocycles. The predicted octanol–water partition coefficient (Wildman–Crippen LogP) is 3.00. The molecule has 1 aliphatic rings. The molecule has 3 nitrogen and oxygen atoms in total. The molecule has 0 aromatic heterocycles. The van der Waals surface area contributed by atoms with Gasteiger partial charge >= 0.3 is 11.9 Å². The number of benzene rings is 1. The van der Waals surface area contributed by atoms with Gasteiger partial charge in [0.25, 0.3) is 0 Å². The van der Waals surface area contributed by atoms with Gasteiger partial charge < -0.3 is 4.74 Å². The van der Waals surface area contributed by atoms with Gasteiger partial charge in [0.15, 0.2) is 0 Å². The van der Waals surface area contributed by atoms with Gasteiger partial charge in [-0.1, -0.05) is 39.0 Å². The largest absolute Gasteiger partial charge is 0.387 e. The SMILES string of the molecule is CCc1cccc(CC)c1CC.O=C1C=CC(=O)O1.[Co]. The molecule has 4 heteroatoms. The van der Waals surface area contributed by atoms with E-state index in [9.17, 15) is 9.59 Å². The Hall–Kier alpha value is -1.39. The fraction of sp³-hybridized carbons (Fsp3) is 0.375. The summed E-state index contributed by atoms with van der Waals surface area (Å²) in [5, 5.41) is 0. The van der Waals surface area contributed by atoms with Gasteiger partial charge in [-0.15, -0.1) is 0 Å². The first-order valence-electron chi connectivity index (χ1n) is 6.65. The van der Waals surface area contributed by atoms with Crippen LogP contribution in [0.3, 0.4) is 0 Å². The molecule has 1 aromatic rings. The first kappa shape index (κ1) is 18.6. The zero-order chi connectivity index (χ0) is 14.3. The molecule has 0 fully saturated rings. The van der Waals surface area contributed by atoms with Crippen molar-refractivity contribution in [3.8, 4) is 0 Å². The summed E-state index contributed by atoms with van der Waals surface area (Å²) in [6.07, 6.45) is 5.67. The normalized spacial score (nSPS) is 12.3. The molecule has 1 aliphatic heterocycles. The van der Waals surface area contributed by atoms with E-state index in [1.54, 1.807) is 5.56 Å². The first-order chi connectivity index (χ1) is 9.12. The first-order valence-corrected chi connectivity index (χ1v) is 6.65. The van der Waals surface area contributed by atoms with Gasteiger partial charge in [-0.2, -0.15) is 0 Å². The van der Waals surface area contributed by atoms with Crippen LogP contribution in [0.1, 0.15) is 37.5 Å². The van der Waals surface area contributed by atoms with E-state index in [0.717, 1.165) is 25.0 Å². The fourth-order valence-corrected chi connectivity index (χ4v) is 2.11. The maximum absolute atomic E-state index is 9.92. The minimum atomic E-state index is -0.579. The Bertz CT molecular complexity index is 454. The van der Waals surface area contributed by atoms with E-state index in [4.69, 9.17) is 0 Å². The molecule has 0 N–H and O–H groups in total. The molecule has 0 atom stereocenters. The Morgan fingerprint density at radius 2 is 1.30 bits per heavy atom. The second-order valence-corrected chi connectivity index (χ2v) is 4.19. The zero-order valence-corrected chi connectivity index (χ0v) is 13.1. The quantitative estimate of drug-likeness (QED) is 0.635. The predicted molar refractivity (Wildman–Crippen MR) is 74.8 cm³/mol. The van der Waals surface area contributed by atoms with Crippen LogP contribution in [0.5, 0.6) is 0 Å². The van der Waals surface area contributed by atoms with Gasteiger partial charge in [0.05, 0.1) is 0 Å². The van der Waals surface area contributed by atoms with Crippen LogP contribution in [0.25, 0.3) is 0 Å². The maximum Gasteiger partial charge on any atom is 0.338 e. The van der Waals surface area contributed by atoms with E-state index in [1.807, 2.05) is 0 Å². The summed E-state index contributed by atoms with van der Waals surface area (Å²) in [5.41, 5.74) is 4.62. The number of hydrogen-bond donors (Lipinski definition) is 0. The van der Waals surface area contributed by atoms with Crippen LogP contribution in [0.4, 0.5) is 0 Å². The van der Waals surface area contributed by atoms with Crippen molar-refractivity contribution in [1.82, 2.24) is 0 Å². The molecule has 1 radical (unpaired) electrons. The van der Waals surface area contributed by atoms with Crippen LogP contribution in [0.2, 0.25) is 0 Å². The third-order valence-corrected chi connectivity index (χ3v) is 3.04. The molecule has 1 aromatic carbocycles. The third kappa shape index (κ3) is 5.31. The minimum Gasteiger partial charge on any atom is -0.387 e. The second kappa shape index (κ2) is 9.50. The average Bonchev–Trinajstić information content (AvgIpc) is 2.81. The number of carbonyl (C=O) groups excluding carboxylic acids is 2. The van der Waals surface area contributed by atoms with E-state index < -0.39 is 11.9 Å². The summed E-state index contributed by atoms with van der Waals surface area (Å²) in [7, 11) is 0. The smallest absolute Gasteiger partial charge is 0.338 e. The summed E-state index contributed by atoms with van der Waals surface area (Å²) in [5.74, 6) is -1.16. The van der Waals surface area contributed by atoms with Crippen LogP contribution in [-0.2, 0) is 50.4 Å². The fourth-order valence-electron chi connectivity index (χ4n) is 2.11. The zero-order valence-electron chi connectivity index (χ0n) is 12.1. The van der Waals surface area contributed by atoms with Gasteiger partial charge in [0.1, 0.15) is 0 Å². The second-order valence-electron chi connectivity index (χ2n) is 4.19. The maximum atomic E-state index is 9.92. The molecule has 0 unspecified atom stereocenters. The summed E-state index contributed by atoms with van der Waals surface area (Å²) in [4.78, 5) is 19.8. The number of esters is 2. The van der Waals surface area contributed by atoms with Crippen molar-refractivity contribution < 1.29 is 31.1 Å². The molecular formula is C16H20CoO3. The Labute approximate surface area is 130 Å². The van der Waals surface area contributed by atoms with Crippen molar-refractivity contribution in [2.45, 2.75) is 40.0 Å². The Morgan fingerprint density at radius 1 is 0.850 bits per heavy atom. The Kier molecular flexibility index (Phi) is 8.84. The van der Waals surface area contributed by atoms with Crippen molar-refractivity contribution in [2.75, 3.05) is 0 Å². The van der Waals surface area contributed by atoms with Crippen LogP contribution in [-0.4, -0.2) is 11.9 Å².